The smallest absolute Gasteiger partial charge is 0.343 e. The fraction of sp³-hybridized carbons (Fsp3) is 0.444. The average Bonchev–Trinajstić information content (AvgIpc) is 2.78. The van der Waals surface area contributed by atoms with Crippen LogP contribution in [0.15, 0.2) is 54.6 Å². The molecule has 0 spiro atoms. The predicted molar refractivity (Wildman–Crippen MR) is 121 cm³/mol. The highest BCUT2D eigenvalue weighted by molar-refractivity contribution is 5.91. The SMILES string of the molecule is CCCCCCc1ccc(OC(=O)c2ccc(C3=CCC(CC)CC3)cc2)cc1. The molecule has 29 heavy (non-hydrogen) atoms. The van der Waals surface area contributed by atoms with E-state index in [0.717, 1.165) is 18.8 Å². The summed E-state index contributed by atoms with van der Waals surface area (Å²) < 4.78 is 5.56. The van der Waals surface area contributed by atoms with Crippen molar-refractivity contribution < 1.29 is 9.53 Å². The Morgan fingerprint density at radius 2 is 1.72 bits per heavy atom. The molecule has 0 radical (unpaired) electrons. The van der Waals surface area contributed by atoms with Crippen molar-refractivity contribution in [2.75, 3.05) is 0 Å². The fourth-order valence-electron chi connectivity index (χ4n) is 3.99. The van der Waals surface area contributed by atoms with E-state index in [0.29, 0.717) is 11.3 Å². The molecule has 1 atom stereocenters. The molecule has 0 aromatic heterocycles. The number of hydrogen-bond donors (Lipinski definition) is 0. The number of esters is 1. The van der Waals surface area contributed by atoms with Crippen LogP contribution in [0, 0.1) is 5.92 Å². The van der Waals surface area contributed by atoms with Gasteiger partial charge >= 0.3 is 5.97 Å². The van der Waals surface area contributed by atoms with E-state index in [-0.39, 0.29) is 5.97 Å². The molecule has 0 heterocycles. The molecule has 0 amide bonds. The molecule has 2 aromatic carbocycles. The molecule has 2 nitrogen and oxygen atoms in total. The van der Waals surface area contributed by atoms with Gasteiger partial charge < -0.3 is 4.74 Å². The number of rotatable bonds is 9. The first kappa shape index (κ1) is 21.4. The fourth-order valence-corrected chi connectivity index (χ4v) is 3.99. The highest BCUT2D eigenvalue weighted by Crippen LogP contribution is 2.31. The summed E-state index contributed by atoms with van der Waals surface area (Å²) in [5.41, 5.74) is 4.53. The monoisotopic (exact) mass is 390 g/mol. The van der Waals surface area contributed by atoms with Gasteiger partial charge in [0.1, 0.15) is 5.75 Å². The first-order chi connectivity index (χ1) is 14.2. The lowest BCUT2D eigenvalue weighted by molar-refractivity contribution is 0.0734. The number of allylic oxidation sites excluding steroid dienone is 2. The van der Waals surface area contributed by atoms with Crippen molar-refractivity contribution in [1.82, 2.24) is 0 Å². The maximum absolute atomic E-state index is 12.5. The second kappa shape index (κ2) is 11.0. The van der Waals surface area contributed by atoms with Crippen molar-refractivity contribution in [3.63, 3.8) is 0 Å². The lowest BCUT2D eigenvalue weighted by Gasteiger charge is -2.20. The summed E-state index contributed by atoms with van der Waals surface area (Å²) in [6.45, 7) is 4.50. The Morgan fingerprint density at radius 3 is 2.34 bits per heavy atom. The maximum Gasteiger partial charge on any atom is 0.343 e. The molecule has 1 unspecified atom stereocenters. The third-order valence-corrected chi connectivity index (χ3v) is 6.04. The van der Waals surface area contributed by atoms with Gasteiger partial charge in [-0.3, -0.25) is 0 Å². The molecule has 2 heteroatoms. The van der Waals surface area contributed by atoms with Gasteiger partial charge in [0, 0.05) is 0 Å². The second-order valence-corrected chi connectivity index (χ2v) is 8.20. The van der Waals surface area contributed by atoms with E-state index in [1.165, 1.54) is 61.6 Å². The zero-order valence-corrected chi connectivity index (χ0v) is 18.0. The van der Waals surface area contributed by atoms with Crippen molar-refractivity contribution in [2.45, 2.75) is 71.6 Å². The van der Waals surface area contributed by atoms with Crippen LogP contribution < -0.4 is 4.74 Å². The zero-order chi connectivity index (χ0) is 20.5. The summed E-state index contributed by atoms with van der Waals surface area (Å²) in [4.78, 5) is 12.5. The molecule has 0 bridgehead atoms. The van der Waals surface area contributed by atoms with E-state index in [2.05, 4.69) is 32.1 Å². The Balaban J connectivity index is 1.53. The van der Waals surface area contributed by atoms with Gasteiger partial charge in [-0.25, -0.2) is 4.79 Å². The molecular formula is C27H34O2. The van der Waals surface area contributed by atoms with Crippen molar-refractivity contribution >= 4 is 11.5 Å². The third-order valence-electron chi connectivity index (χ3n) is 6.04. The molecular weight excluding hydrogens is 356 g/mol. The van der Waals surface area contributed by atoms with Crippen LogP contribution in [0.1, 0.15) is 86.7 Å². The number of benzene rings is 2. The first-order valence-corrected chi connectivity index (χ1v) is 11.3. The number of hydrogen-bond acceptors (Lipinski definition) is 2. The van der Waals surface area contributed by atoms with Crippen LogP contribution in [-0.4, -0.2) is 5.97 Å². The van der Waals surface area contributed by atoms with Crippen LogP contribution in [0.2, 0.25) is 0 Å². The molecule has 3 rings (SSSR count). The molecule has 0 fully saturated rings. The minimum Gasteiger partial charge on any atom is -0.423 e. The van der Waals surface area contributed by atoms with Gasteiger partial charge in [-0.05, 0) is 79.0 Å². The summed E-state index contributed by atoms with van der Waals surface area (Å²) in [5.74, 6) is 1.14. The van der Waals surface area contributed by atoms with Crippen molar-refractivity contribution in [2.24, 2.45) is 5.92 Å². The van der Waals surface area contributed by atoms with Gasteiger partial charge in [0.15, 0.2) is 0 Å². The van der Waals surface area contributed by atoms with Crippen LogP contribution in [0.4, 0.5) is 0 Å². The number of carbonyl (C=O) groups is 1. The van der Waals surface area contributed by atoms with E-state index < -0.39 is 0 Å². The number of ether oxygens (including phenoxy) is 1. The summed E-state index contributed by atoms with van der Waals surface area (Å²) >= 11 is 0. The highest BCUT2D eigenvalue weighted by Gasteiger charge is 2.15. The standard InChI is InChI=1S/C27H34O2/c1-3-5-6-7-8-22-11-19-26(20-12-22)29-27(28)25-17-15-24(16-18-25)23-13-9-21(4-2)10-14-23/h11-13,15-21H,3-10,14H2,1-2H3. The molecule has 1 aliphatic carbocycles. The van der Waals surface area contributed by atoms with Gasteiger partial charge in [0.25, 0.3) is 0 Å². The highest BCUT2D eigenvalue weighted by atomic mass is 16.5. The van der Waals surface area contributed by atoms with Gasteiger partial charge in [-0.1, -0.05) is 69.9 Å². The molecule has 0 N–H and O–H groups in total. The maximum atomic E-state index is 12.5. The number of carbonyl (C=O) groups excluding carboxylic acids is 1. The number of aryl methyl sites for hydroxylation is 1. The Morgan fingerprint density at radius 1 is 0.966 bits per heavy atom. The largest absolute Gasteiger partial charge is 0.423 e. The molecule has 154 valence electrons. The summed E-state index contributed by atoms with van der Waals surface area (Å²) in [6.07, 6.45) is 13.3. The van der Waals surface area contributed by atoms with E-state index in [9.17, 15) is 4.79 Å². The minimum absolute atomic E-state index is 0.295. The Hall–Kier alpha value is -2.35. The molecule has 2 aromatic rings. The van der Waals surface area contributed by atoms with E-state index in [1.54, 1.807) is 0 Å². The van der Waals surface area contributed by atoms with Crippen molar-refractivity contribution in [1.29, 1.82) is 0 Å². The van der Waals surface area contributed by atoms with Gasteiger partial charge in [0.2, 0.25) is 0 Å². The lowest BCUT2D eigenvalue weighted by atomic mass is 9.85. The van der Waals surface area contributed by atoms with E-state index >= 15 is 0 Å². The predicted octanol–water partition coefficient (Wildman–Crippen LogP) is 7.62. The summed E-state index contributed by atoms with van der Waals surface area (Å²) in [5, 5.41) is 0. The van der Waals surface area contributed by atoms with Crippen LogP contribution in [0.5, 0.6) is 5.75 Å². The molecule has 0 saturated carbocycles. The Bertz CT molecular complexity index is 799. The first-order valence-electron chi connectivity index (χ1n) is 11.3. The Kier molecular flexibility index (Phi) is 8.10. The normalized spacial score (nSPS) is 16.3. The lowest BCUT2D eigenvalue weighted by Crippen LogP contribution is -2.09. The quantitative estimate of drug-likeness (QED) is 0.250. The third kappa shape index (κ3) is 6.32. The zero-order valence-electron chi connectivity index (χ0n) is 18.0. The van der Waals surface area contributed by atoms with E-state index in [1.807, 2.05) is 36.4 Å². The second-order valence-electron chi connectivity index (χ2n) is 8.20. The van der Waals surface area contributed by atoms with Crippen LogP contribution in [0.3, 0.4) is 0 Å². The molecule has 0 saturated heterocycles. The average molecular weight is 391 g/mol. The van der Waals surface area contributed by atoms with Crippen molar-refractivity contribution in [3.05, 3.63) is 71.3 Å². The van der Waals surface area contributed by atoms with Gasteiger partial charge in [-0.15, -0.1) is 0 Å². The van der Waals surface area contributed by atoms with Crippen LogP contribution in [-0.2, 0) is 6.42 Å². The van der Waals surface area contributed by atoms with Crippen LogP contribution >= 0.6 is 0 Å². The van der Waals surface area contributed by atoms with Crippen molar-refractivity contribution in [3.8, 4) is 5.75 Å². The van der Waals surface area contributed by atoms with Crippen LogP contribution in [0.25, 0.3) is 5.57 Å². The summed E-state index contributed by atoms with van der Waals surface area (Å²) in [6, 6.07) is 15.8. The molecule has 0 aliphatic heterocycles. The van der Waals surface area contributed by atoms with Gasteiger partial charge in [-0.2, -0.15) is 0 Å². The summed E-state index contributed by atoms with van der Waals surface area (Å²) in [7, 11) is 0. The minimum atomic E-state index is -0.295. The van der Waals surface area contributed by atoms with Gasteiger partial charge in [0.05, 0.1) is 5.56 Å². The Labute approximate surface area is 176 Å². The van der Waals surface area contributed by atoms with E-state index in [4.69, 9.17) is 4.74 Å². The topological polar surface area (TPSA) is 26.3 Å². The molecule has 1 aliphatic rings. The number of unbranched alkanes of at least 4 members (excludes halogenated alkanes) is 3.